The first kappa shape index (κ1) is 18.0. The summed E-state index contributed by atoms with van der Waals surface area (Å²) in [7, 11) is 0. The summed E-state index contributed by atoms with van der Waals surface area (Å²) < 4.78 is 0. The Kier molecular flexibility index (Phi) is 11.4. The predicted molar refractivity (Wildman–Crippen MR) is 91.3 cm³/mol. The van der Waals surface area contributed by atoms with Crippen LogP contribution in [0.15, 0.2) is 0 Å². The summed E-state index contributed by atoms with van der Waals surface area (Å²) in [6, 6.07) is 0.826. The molecule has 0 aromatic heterocycles. The Labute approximate surface area is 128 Å². The first-order valence-electron chi connectivity index (χ1n) is 9.61. The van der Waals surface area contributed by atoms with E-state index < -0.39 is 0 Å². The lowest BCUT2D eigenvalue weighted by Gasteiger charge is -2.24. The SMILES string of the molecule is CCCCCCCCCCCC(NCC)C1CCCC1. The number of hydrogen-bond acceptors (Lipinski definition) is 1. The molecule has 1 fully saturated rings. The lowest BCUT2D eigenvalue weighted by molar-refractivity contribution is 0.335. The van der Waals surface area contributed by atoms with Crippen LogP contribution >= 0.6 is 0 Å². The number of rotatable bonds is 13. The molecule has 0 heterocycles. The normalized spacial score (nSPS) is 17.7. The highest BCUT2D eigenvalue weighted by Gasteiger charge is 2.23. The smallest absolute Gasteiger partial charge is 0.00952 e. The van der Waals surface area contributed by atoms with Gasteiger partial charge in [0.15, 0.2) is 0 Å². The summed E-state index contributed by atoms with van der Waals surface area (Å²) in [6.45, 7) is 5.71. The van der Waals surface area contributed by atoms with Crippen molar-refractivity contribution in [2.24, 2.45) is 5.92 Å². The minimum absolute atomic E-state index is 0.826. The van der Waals surface area contributed by atoms with Gasteiger partial charge in [-0.3, -0.25) is 0 Å². The maximum absolute atomic E-state index is 3.75. The van der Waals surface area contributed by atoms with Crippen molar-refractivity contribution < 1.29 is 0 Å². The summed E-state index contributed by atoms with van der Waals surface area (Å²) in [5.74, 6) is 0.990. The molecule has 1 N–H and O–H groups in total. The lowest BCUT2D eigenvalue weighted by atomic mass is 9.93. The molecule has 0 aromatic carbocycles. The first-order valence-corrected chi connectivity index (χ1v) is 9.61. The third-order valence-electron chi connectivity index (χ3n) is 5.05. The highest BCUT2D eigenvalue weighted by atomic mass is 14.9. The lowest BCUT2D eigenvalue weighted by Crippen LogP contribution is -2.34. The molecule has 1 saturated carbocycles. The molecule has 0 aromatic rings. The van der Waals surface area contributed by atoms with Crippen LogP contribution in [0.25, 0.3) is 0 Å². The second-order valence-corrected chi connectivity index (χ2v) is 6.83. The summed E-state index contributed by atoms with van der Waals surface area (Å²) in [6.07, 6.45) is 20.4. The molecular formula is C19H39N. The molecule has 0 saturated heterocycles. The van der Waals surface area contributed by atoms with E-state index in [1.54, 1.807) is 0 Å². The second-order valence-electron chi connectivity index (χ2n) is 6.83. The van der Waals surface area contributed by atoms with E-state index in [-0.39, 0.29) is 0 Å². The van der Waals surface area contributed by atoms with Gasteiger partial charge in [-0.2, -0.15) is 0 Å². The van der Waals surface area contributed by atoms with Crippen molar-refractivity contribution in [3.05, 3.63) is 0 Å². The van der Waals surface area contributed by atoms with E-state index >= 15 is 0 Å². The van der Waals surface area contributed by atoms with Gasteiger partial charge >= 0.3 is 0 Å². The molecule has 0 bridgehead atoms. The van der Waals surface area contributed by atoms with Gasteiger partial charge in [-0.05, 0) is 31.7 Å². The zero-order valence-corrected chi connectivity index (χ0v) is 14.3. The van der Waals surface area contributed by atoms with E-state index in [9.17, 15) is 0 Å². The van der Waals surface area contributed by atoms with Crippen LogP contribution in [0.5, 0.6) is 0 Å². The van der Waals surface area contributed by atoms with Crippen LogP contribution in [0.2, 0.25) is 0 Å². The standard InChI is InChI=1S/C19H39N/c1-3-5-6-7-8-9-10-11-12-17-19(20-4-2)18-15-13-14-16-18/h18-20H,3-17H2,1-2H3. The Bertz CT molecular complexity index is 196. The Morgan fingerprint density at radius 3 is 1.90 bits per heavy atom. The van der Waals surface area contributed by atoms with Gasteiger partial charge in [-0.25, -0.2) is 0 Å². The fraction of sp³-hybridized carbons (Fsp3) is 1.00. The minimum Gasteiger partial charge on any atom is -0.314 e. The van der Waals surface area contributed by atoms with Gasteiger partial charge in [0.2, 0.25) is 0 Å². The summed E-state index contributed by atoms with van der Waals surface area (Å²) in [5.41, 5.74) is 0. The average Bonchev–Trinajstić information content (AvgIpc) is 2.98. The van der Waals surface area contributed by atoms with Crippen LogP contribution in [0, 0.1) is 5.92 Å². The number of unbranched alkanes of at least 4 members (excludes halogenated alkanes) is 8. The van der Waals surface area contributed by atoms with Crippen molar-refractivity contribution in [2.45, 2.75) is 110 Å². The van der Waals surface area contributed by atoms with Crippen LogP contribution in [-0.4, -0.2) is 12.6 Å². The van der Waals surface area contributed by atoms with E-state index in [0.717, 1.165) is 18.5 Å². The third-order valence-corrected chi connectivity index (χ3v) is 5.05. The highest BCUT2D eigenvalue weighted by Crippen LogP contribution is 2.29. The Morgan fingerprint density at radius 2 is 1.35 bits per heavy atom. The van der Waals surface area contributed by atoms with Crippen LogP contribution in [-0.2, 0) is 0 Å². The molecule has 20 heavy (non-hydrogen) atoms. The number of nitrogens with one attached hydrogen (secondary N) is 1. The average molecular weight is 282 g/mol. The van der Waals surface area contributed by atoms with Crippen LogP contribution in [0.4, 0.5) is 0 Å². The van der Waals surface area contributed by atoms with E-state index in [2.05, 4.69) is 19.2 Å². The van der Waals surface area contributed by atoms with E-state index in [4.69, 9.17) is 0 Å². The molecule has 0 spiro atoms. The Hall–Kier alpha value is -0.0400. The molecule has 1 aliphatic carbocycles. The van der Waals surface area contributed by atoms with Crippen LogP contribution in [0.1, 0.15) is 104 Å². The summed E-state index contributed by atoms with van der Waals surface area (Å²) in [4.78, 5) is 0. The van der Waals surface area contributed by atoms with E-state index in [1.807, 2.05) is 0 Å². The molecule has 1 aliphatic rings. The predicted octanol–water partition coefficient (Wildman–Crippen LogP) is 6.08. The highest BCUT2D eigenvalue weighted by molar-refractivity contribution is 4.80. The fourth-order valence-corrected chi connectivity index (χ4v) is 3.80. The second kappa shape index (κ2) is 12.7. The van der Waals surface area contributed by atoms with Gasteiger partial charge in [0, 0.05) is 6.04 Å². The minimum atomic E-state index is 0.826. The molecule has 1 rings (SSSR count). The fourth-order valence-electron chi connectivity index (χ4n) is 3.80. The number of hydrogen-bond donors (Lipinski definition) is 1. The zero-order valence-electron chi connectivity index (χ0n) is 14.3. The topological polar surface area (TPSA) is 12.0 Å². The van der Waals surface area contributed by atoms with Crippen molar-refractivity contribution >= 4 is 0 Å². The summed E-state index contributed by atoms with van der Waals surface area (Å²) in [5, 5.41) is 3.75. The Balaban J connectivity index is 1.94. The van der Waals surface area contributed by atoms with Crippen molar-refractivity contribution in [1.82, 2.24) is 5.32 Å². The monoisotopic (exact) mass is 281 g/mol. The van der Waals surface area contributed by atoms with Crippen LogP contribution < -0.4 is 5.32 Å². The molecule has 1 unspecified atom stereocenters. The zero-order chi connectivity index (χ0) is 14.5. The largest absolute Gasteiger partial charge is 0.314 e. The molecule has 1 nitrogen and oxygen atoms in total. The van der Waals surface area contributed by atoms with Gasteiger partial charge in [-0.15, -0.1) is 0 Å². The van der Waals surface area contributed by atoms with Gasteiger partial charge in [0.1, 0.15) is 0 Å². The maximum atomic E-state index is 3.75. The van der Waals surface area contributed by atoms with Crippen molar-refractivity contribution in [1.29, 1.82) is 0 Å². The third kappa shape index (κ3) is 8.29. The van der Waals surface area contributed by atoms with Crippen molar-refractivity contribution in [3.63, 3.8) is 0 Å². The van der Waals surface area contributed by atoms with Gasteiger partial charge in [0.05, 0.1) is 0 Å². The molecule has 1 heteroatoms. The van der Waals surface area contributed by atoms with Gasteiger partial charge < -0.3 is 5.32 Å². The maximum Gasteiger partial charge on any atom is 0.00952 e. The van der Waals surface area contributed by atoms with E-state index in [1.165, 1.54) is 89.9 Å². The molecule has 1 atom stereocenters. The van der Waals surface area contributed by atoms with Crippen molar-refractivity contribution in [2.75, 3.05) is 6.54 Å². The quantitative estimate of drug-likeness (QED) is 0.404. The summed E-state index contributed by atoms with van der Waals surface area (Å²) >= 11 is 0. The molecule has 120 valence electrons. The molecular weight excluding hydrogens is 242 g/mol. The van der Waals surface area contributed by atoms with Gasteiger partial charge in [-0.1, -0.05) is 84.5 Å². The first-order chi connectivity index (χ1) is 9.88. The molecule has 0 radical (unpaired) electrons. The van der Waals surface area contributed by atoms with Crippen LogP contribution in [0.3, 0.4) is 0 Å². The Morgan fingerprint density at radius 1 is 0.800 bits per heavy atom. The van der Waals surface area contributed by atoms with Crippen molar-refractivity contribution in [3.8, 4) is 0 Å². The van der Waals surface area contributed by atoms with E-state index in [0.29, 0.717) is 0 Å². The van der Waals surface area contributed by atoms with Gasteiger partial charge in [0.25, 0.3) is 0 Å². The molecule has 0 aliphatic heterocycles. The molecule has 0 amide bonds.